The molecule has 1 unspecified atom stereocenters. The van der Waals surface area contributed by atoms with E-state index in [0.717, 1.165) is 11.1 Å². The van der Waals surface area contributed by atoms with Crippen LogP contribution in [0.3, 0.4) is 0 Å². The Balaban J connectivity index is 2.09. The second-order valence-corrected chi connectivity index (χ2v) is 5.56. The fourth-order valence-electron chi connectivity index (χ4n) is 2.72. The second kappa shape index (κ2) is 5.25. The molecule has 4 N–H and O–H groups in total. The topological polar surface area (TPSA) is 101 Å². The molecule has 108 valence electrons. The monoisotopic (exact) mass is 277 g/mol. The van der Waals surface area contributed by atoms with Crippen LogP contribution >= 0.6 is 0 Å². The van der Waals surface area contributed by atoms with Gasteiger partial charge in [0.2, 0.25) is 0 Å². The van der Waals surface area contributed by atoms with E-state index in [1.54, 1.807) is 0 Å². The third-order valence-corrected chi connectivity index (χ3v) is 4.24. The standard InChI is InChI=1S/C15H19NO4/c1-9-4-2-3-5-10(9)6-7-15(16,14(19)20)12-8-11(12)13(17)18/h2-5,11-12H,6-8,16H2,1H3,(H,17,18)(H,19,20)/t11-,12-,15?/m0/s1. The molecular formula is C15H19NO4. The van der Waals surface area contributed by atoms with Crippen LogP contribution in [0.4, 0.5) is 0 Å². The van der Waals surface area contributed by atoms with Crippen molar-refractivity contribution < 1.29 is 19.8 Å². The highest BCUT2D eigenvalue weighted by Gasteiger charge is 2.57. The Kier molecular flexibility index (Phi) is 3.81. The average Bonchev–Trinajstić information content (AvgIpc) is 3.18. The van der Waals surface area contributed by atoms with Crippen LogP contribution < -0.4 is 5.73 Å². The molecule has 0 aromatic heterocycles. The van der Waals surface area contributed by atoms with Gasteiger partial charge in [-0.25, -0.2) is 0 Å². The quantitative estimate of drug-likeness (QED) is 0.730. The predicted molar refractivity (Wildman–Crippen MR) is 73.3 cm³/mol. The third-order valence-electron chi connectivity index (χ3n) is 4.24. The Morgan fingerprint density at radius 1 is 1.35 bits per heavy atom. The number of carboxylic acids is 2. The lowest BCUT2D eigenvalue weighted by molar-refractivity contribution is -0.145. The van der Waals surface area contributed by atoms with Crippen LogP contribution in [0.15, 0.2) is 24.3 Å². The van der Waals surface area contributed by atoms with Gasteiger partial charge in [-0.1, -0.05) is 24.3 Å². The van der Waals surface area contributed by atoms with Gasteiger partial charge in [0.25, 0.3) is 0 Å². The Bertz CT molecular complexity index is 542. The first-order valence-electron chi connectivity index (χ1n) is 6.66. The smallest absolute Gasteiger partial charge is 0.324 e. The number of hydrogen-bond donors (Lipinski definition) is 3. The lowest BCUT2D eigenvalue weighted by atomic mass is 9.85. The van der Waals surface area contributed by atoms with Gasteiger partial charge in [-0.15, -0.1) is 0 Å². The molecular weight excluding hydrogens is 258 g/mol. The van der Waals surface area contributed by atoms with Crippen LogP contribution in [0, 0.1) is 18.8 Å². The number of rotatable bonds is 6. The Morgan fingerprint density at radius 2 is 2.00 bits per heavy atom. The van der Waals surface area contributed by atoms with Gasteiger partial charge in [-0.2, -0.15) is 0 Å². The molecule has 1 aromatic rings. The molecule has 1 aliphatic rings. The van der Waals surface area contributed by atoms with Crippen molar-refractivity contribution in [2.75, 3.05) is 0 Å². The highest BCUT2D eigenvalue weighted by atomic mass is 16.4. The maximum atomic E-state index is 11.5. The number of nitrogens with two attached hydrogens (primary N) is 1. The Hall–Kier alpha value is -1.88. The van der Waals surface area contributed by atoms with Crippen LogP contribution in [0.1, 0.15) is 24.0 Å². The zero-order valence-corrected chi connectivity index (χ0v) is 11.4. The molecule has 20 heavy (non-hydrogen) atoms. The van der Waals surface area contributed by atoms with Gasteiger partial charge in [0.05, 0.1) is 5.92 Å². The third kappa shape index (κ3) is 2.67. The Morgan fingerprint density at radius 3 is 2.50 bits per heavy atom. The van der Waals surface area contributed by atoms with Gasteiger partial charge in [-0.05, 0) is 37.3 Å². The van der Waals surface area contributed by atoms with Crippen molar-refractivity contribution in [3.63, 3.8) is 0 Å². The maximum absolute atomic E-state index is 11.5. The molecule has 0 spiro atoms. The summed E-state index contributed by atoms with van der Waals surface area (Å²) >= 11 is 0. The van der Waals surface area contributed by atoms with Crippen molar-refractivity contribution in [3.8, 4) is 0 Å². The van der Waals surface area contributed by atoms with E-state index in [-0.39, 0.29) is 6.42 Å². The van der Waals surface area contributed by atoms with Crippen molar-refractivity contribution in [1.29, 1.82) is 0 Å². The van der Waals surface area contributed by atoms with E-state index in [9.17, 15) is 14.7 Å². The van der Waals surface area contributed by atoms with Crippen molar-refractivity contribution in [2.45, 2.75) is 31.7 Å². The minimum absolute atomic E-state index is 0.252. The summed E-state index contributed by atoms with van der Waals surface area (Å²) in [6.45, 7) is 1.96. The molecule has 5 heteroatoms. The van der Waals surface area contributed by atoms with E-state index >= 15 is 0 Å². The first-order valence-corrected chi connectivity index (χ1v) is 6.66. The van der Waals surface area contributed by atoms with Gasteiger partial charge in [-0.3, -0.25) is 9.59 Å². The second-order valence-electron chi connectivity index (χ2n) is 5.56. The fraction of sp³-hybridized carbons (Fsp3) is 0.467. The molecule has 2 rings (SSSR count). The average molecular weight is 277 g/mol. The molecule has 5 nitrogen and oxygen atoms in total. The number of benzene rings is 1. The minimum Gasteiger partial charge on any atom is -0.481 e. The predicted octanol–water partition coefficient (Wildman–Crippen LogP) is 1.43. The van der Waals surface area contributed by atoms with Gasteiger partial charge < -0.3 is 15.9 Å². The van der Waals surface area contributed by atoms with E-state index in [4.69, 9.17) is 10.8 Å². The number of hydrogen-bond acceptors (Lipinski definition) is 3. The van der Waals surface area contributed by atoms with E-state index < -0.39 is 29.3 Å². The molecule has 0 aliphatic heterocycles. The summed E-state index contributed by atoms with van der Waals surface area (Å²) in [7, 11) is 0. The van der Waals surface area contributed by atoms with E-state index in [0.29, 0.717) is 12.8 Å². The molecule has 3 atom stereocenters. The van der Waals surface area contributed by atoms with E-state index in [2.05, 4.69) is 0 Å². The van der Waals surface area contributed by atoms with Crippen molar-refractivity contribution in [2.24, 2.45) is 17.6 Å². The SMILES string of the molecule is Cc1ccccc1CCC(N)(C(=O)O)[C@H]1C[C@@H]1C(=O)O. The lowest BCUT2D eigenvalue weighted by Crippen LogP contribution is -2.51. The summed E-state index contributed by atoms with van der Waals surface area (Å²) < 4.78 is 0. The van der Waals surface area contributed by atoms with Crippen molar-refractivity contribution in [1.82, 2.24) is 0 Å². The van der Waals surface area contributed by atoms with Crippen LogP contribution in [-0.4, -0.2) is 27.7 Å². The first kappa shape index (κ1) is 14.5. The number of carbonyl (C=O) groups is 2. The van der Waals surface area contributed by atoms with E-state index in [1.807, 2.05) is 31.2 Å². The maximum Gasteiger partial charge on any atom is 0.324 e. The van der Waals surface area contributed by atoms with Crippen molar-refractivity contribution >= 4 is 11.9 Å². The minimum atomic E-state index is -1.45. The largest absolute Gasteiger partial charge is 0.481 e. The summed E-state index contributed by atoms with van der Waals surface area (Å²) in [6, 6.07) is 7.73. The fourth-order valence-corrected chi connectivity index (χ4v) is 2.72. The summed E-state index contributed by atoms with van der Waals surface area (Å²) in [5.74, 6) is -3.16. The molecule has 0 amide bonds. The number of aryl methyl sites for hydroxylation is 2. The molecule has 1 fully saturated rings. The number of aliphatic carboxylic acids is 2. The first-order chi connectivity index (χ1) is 9.36. The molecule has 0 saturated heterocycles. The molecule has 1 saturated carbocycles. The van der Waals surface area contributed by atoms with Crippen LogP contribution in [0.25, 0.3) is 0 Å². The summed E-state index contributed by atoms with van der Waals surface area (Å²) in [5.41, 5.74) is 6.70. The lowest BCUT2D eigenvalue weighted by Gasteiger charge is -2.25. The molecule has 0 heterocycles. The van der Waals surface area contributed by atoms with Crippen molar-refractivity contribution in [3.05, 3.63) is 35.4 Å². The van der Waals surface area contributed by atoms with Crippen LogP contribution in [-0.2, 0) is 16.0 Å². The molecule has 0 radical (unpaired) electrons. The normalized spacial score (nSPS) is 23.9. The molecule has 0 bridgehead atoms. The van der Waals surface area contributed by atoms with E-state index in [1.165, 1.54) is 0 Å². The van der Waals surface area contributed by atoms with Gasteiger partial charge in [0.15, 0.2) is 0 Å². The summed E-state index contributed by atoms with van der Waals surface area (Å²) in [5, 5.41) is 18.3. The van der Waals surface area contributed by atoms with Gasteiger partial charge >= 0.3 is 11.9 Å². The zero-order valence-electron chi connectivity index (χ0n) is 11.4. The van der Waals surface area contributed by atoms with Gasteiger partial charge in [0, 0.05) is 5.92 Å². The zero-order chi connectivity index (χ0) is 14.9. The summed E-state index contributed by atoms with van der Waals surface area (Å²) in [6.07, 6.45) is 1.14. The molecule has 1 aromatic carbocycles. The highest BCUT2D eigenvalue weighted by molar-refractivity contribution is 5.83. The van der Waals surface area contributed by atoms with Gasteiger partial charge in [0.1, 0.15) is 5.54 Å². The molecule has 1 aliphatic carbocycles. The Labute approximate surface area is 117 Å². The van der Waals surface area contributed by atoms with Crippen LogP contribution in [0.2, 0.25) is 0 Å². The number of carboxylic acid groups (broad SMARTS) is 2. The summed E-state index contributed by atoms with van der Waals surface area (Å²) in [4.78, 5) is 22.4. The highest BCUT2D eigenvalue weighted by Crippen LogP contribution is 2.47. The van der Waals surface area contributed by atoms with Crippen LogP contribution in [0.5, 0.6) is 0 Å².